The number of hydrogen-bond donors (Lipinski definition) is 1. The lowest BCUT2D eigenvalue weighted by molar-refractivity contribution is -0.136. The van der Waals surface area contributed by atoms with Crippen molar-refractivity contribution in [1.29, 1.82) is 0 Å². The molecule has 0 spiro atoms. The van der Waals surface area contributed by atoms with Crippen LogP contribution >= 0.6 is 0 Å². The van der Waals surface area contributed by atoms with Crippen LogP contribution < -0.4 is 5.73 Å². The topological polar surface area (TPSA) is 72.6 Å². The van der Waals surface area contributed by atoms with Crippen LogP contribution in [0.25, 0.3) is 0 Å². The van der Waals surface area contributed by atoms with Crippen molar-refractivity contribution >= 4 is 11.8 Å². The van der Waals surface area contributed by atoms with E-state index in [1.807, 2.05) is 0 Å². The largest absolute Gasteiger partial charge is 0.381 e. The minimum Gasteiger partial charge on any atom is -0.381 e. The number of likely N-dealkylation sites (tertiary alicyclic amines) is 1. The Morgan fingerprint density at radius 3 is 2.80 bits per heavy atom. The van der Waals surface area contributed by atoms with Gasteiger partial charge < -0.3 is 15.4 Å². The van der Waals surface area contributed by atoms with Gasteiger partial charge in [0.15, 0.2) is 11.6 Å². The molecule has 2 aliphatic rings. The zero-order chi connectivity index (χ0) is 18.0. The molecule has 2 fully saturated rings. The number of hydrogen-bond acceptors (Lipinski definition) is 3. The van der Waals surface area contributed by atoms with Crippen LogP contribution in [0.4, 0.5) is 8.78 Å². The molecule has 136 valence electrons. The Bertz CT molecular complexity index is 682. The lowest BCUT2D eigenvalue weighted by Gasteiger charge is -2.34. The van der Waals surface area contributed by atoms with Crippen molar-refractivity contribution in [1.82, 2.24) is 4.90 Å². The molecule has 7 heteroatoms. The number of ether oxygens (including phenoxy) is 1. The van der Waals surface area contributed by atoms with E-state index in [0.717, 1.165) is 12.1 Å². The first-order chi connectivity index (χ1) is 11.9. The Labute approximate surface area is 145 Å². The van der Waals surface area contributed by atoms with Crippen LogP contribution in [-0.2, 0) is 20.7 Å². The molecule has 2 N–H and O–H groups in total. The van der Waals surface area contributed by atoms with E-state index in [9.17, 15) is 18.4 Å². The molecular formula is C18H22F2N2O3. The predicted octanol–water partition coefficient (Wildman–Crippen LogP) is 1.64. The molecule has 0 saturated carbocycles. The van der Waals surface area contributed by atoms with Gasteiger partial charge in [0.2, 0.25) is 11.8 Å². The van der Waals surface area contributed by atoms with Crippen LogP contribution in [0, 0.1) is 23.0 Å². The van der Waals surface area contributed by atoms with E-state index >= 15 is 0 Å². The maximum Gasteiger partial charge on any atom is 0.225 e. The number of nitrogens with two attached hydrogens (primary N) is 1. The summed E-state index contributed by atoms with van der Waals surface area (Å²) in [5.74, 6) is -2.21. The zero-order valence-corrected chi connectivity index (χ0v) is 14.0. The minimum absolute atomic E-state index is 0.0439. The Balaban J connectivity index is 1.55. The number of amides is 2. The fourth-order valence-corrected chi connectivity index (χ4v) is 3.84. The first kappa shape index (κ1) is 17.8. The number of benzene rings is 1. The van der Waals surface area contributed by atoms with Crippen molar-refractivity contribution in [2.45, 2.75) is 25.7 Å². The molecule has 2 amide bonds. The van der Waals surface area contributed by atoms with Crippen molar-refractivity contribution in [3.8, 4) is 0 Å². The summed E-state index contributed by atoms with van der Waals surface area (Å²) in [7, 11) is 0. The summed E-state index contributed by atoms with van der Waals surface area (Å²) < 4.78 is 31.5. The van der Waals surface area contributed by atoms with Crippen molar-refractivity contribution in [3.05, 3.63) is 35.4 Å². The fourth-order valence-electron chi connectivity index (χ4n) is 3.84. The van der Waals surface area contributed by atoms with Crippen LogP contribution in [0.15, 0.2) is 18.2 Å². The summed E-state index contributed by atoms with van der Waals surface area (Å²) in [5, 5.41) is 0. The monoisotopic (exact) mass is 352 g/mol. The van der Waals surface area contributed by atoms with Gasteiger partial charge in [0.1, 0.15) is 0 Å². The van der Waals surface area contributed by atoms with Gasteiger partial charge in [0.25, 0.3) is 0 Å². The van der Waals surface area contributed by atoms with E-state index in [0.29, 0.717) is 57.6 Å². The smallest absolute Gasteiger partial charge is 0.225 e. The highest BCUT2D eigenvalue weighted by molar-refractivity contribution is 5.84. The van der Waals surface area contributed by atoms with E-state index in [1.54, 1.807) is 4.90 Å². The number of halogens is 2. The van der Waals surface area contributed by atoms with E-state index in [1.165, 1.54) is 6.07 Å². The molecular weight excluding hydrogens is 330 g/mol. The summed E-state index contributed by atoms with van der Waals surface area (Å²) in [6.07, 6.45) is 1.86. The molecule has 0 unspecified atom stereocenters. The Hall–Kier alpha value is -2.02. The molecule has 2 heterocycles. The molecule has 2 aliphatic heterocycles. The molecule has 0 radical (unpaired) electrons. The van der Waals surface area contributed by atoms with Gasteiger partial charge in [-0.2, -0.15) is 0 Å². The highest BCUT2D eigenvalue weighted by atomic mass is 19.2. The van der Waals surface area contributed by atoms with Crippen molar-refractivity contribution in [3.63, 3.8) is 0 Å². The third kappa shape index (κ3) is 3.51. The average molecular weight is 352 g/mol. The number of carbonyl (C=O) groups is 2. The standard InChI is InChI=1S/C18H22F2N2O3/c19-14-5-4-12(8-15(14)20)2-1-3-16(23)22-9-13-10-25-7-6-18(13,11-22)17(21)24/h4-5,8,13H,1-3,6-7,9-11H2,(H2,21,24)/t13-,18+/m1/s1. The number of carbonyl (C=O) groups excluding carboxylic acids is 2. The number of nitrogens with zero attached hydrogens (tertiary/aromatic N) is 1. The number of aryl methyl sites for hydroxylation is 1. The Morgan fingerprint density at radius 1 is 1.32 bits per heavy atom. The van der Waals surface area contributed by atoms with Crippen molar-refractivity contribution in [2.75, 3.05) is 26.3 Å². The van der Waals surface area contributed by atoms with Crippen LogP contribution in [0.5, 0.6) is 0 Å². The Morgan fingerprint density at radius 2 is 2.12 bits per heavy atom. The zero-order valence-electron chi connectivity index (χ0n) is 14.0. The molecule has 1 aromatic rings. The molecule has 0 aliphatic carbocycles. The molecule has 2 saturated heterocycles. The first-order valence-corrected chi connectivity index (χ1v) is 8.52. The lowest BCUT2D eigenvalue weighted by atomic mass is 9.74. The van der Waals surface area contributed by atoms with Gasteiger partial charge in [0.05, 0.1) is 12.0 Å². The summed E-state index contributed by atoms with van der Waals surface area (Å²) in [6, 6.07) is 3.77. The van der Waals surface area contributed by atoms with Gasteiger partial charge in [-0.05, 0) is 37.0 Å². The summed E-state index contributed by atoms with van der Waals surface area (Å²) in [4.78, 5) is 26.1. The van der Waals surface area contributed by atoms with Crippen LogP contribution in [0.3, 0.4) is 0 Å². The molecule has 25 heavy (non-hydrogen) atoms. The highest BCUT2D eigenvalue weighted by Crippen LogP contribution is 2.42. The second-order valence-corrected chi connectivity index (χ2v) is 6.92. The van der Waals surface area contributed by atoms with E-state index in [4.69, 9.17) is 10.5 Å². The maximum atomic E-state index is 13.2. The lowest BCUT2D eigenvalue weighted by Crippen LogP contribution is -2.48. The molecule has 5 nitrogen and oxygen atoms in total. The predicted molar refractivity (Wildman–Crippen MR) is 86.4 cm³/mol. The molecule has 0 bridgehead atoms. The van der Waals surface area contributed by atoms with E-state index < -0.39 is 17.0 Å². The maximum absolute atomic E-state index is 13.2. The van der Waals surface area contributed by atoms with Crippen molar-refractivity contribution < 1.29 is 23.1 Å². The minimum atomic E-state index is -0.879. The summed E-state index contributed by atoms with van der Waals surface area (Å²) in [6.45, 7) is 1.76. The van der Waals surface area contributed by atoms with Gasteiger partial charge in [-0.15, -0.1) is 0 Å². The van der Waals surface area contributed by atoms with Gasteiger partial charge in [-0.1, -0.05) is 6.07 Å². The van der Waals surface area contributed by atoms with Crippen molar-refractivity contribution in [2.24, 2.45) is 17.1 Å². The second kappa shape index (κ2) is 7.07. The number of fused-ring (bicyclic) bond motifs is 1. The molecule has 0 aromatic heterocycles. The normalized spacial score (nSPS) is 25.7. The number of primary amides is 1. The number of rotatable bonds is 5. The van der Waals surface area contributed by atoms with Gasteiger partial charge in [0, 0.05) is 32.0 Å². The Kier molecular flexibility index (Phi) is 5.03. The van der Waals surface area contributed by atoms with E-state index in [2.05, 4.69) is 0 Å². The first-order valence-electron chi connectivity index (χ1n) is 8.52. The van der Waals surface area contributed by atoms with Crippen LogP contribution in [0.2, 0.25) is 0 Å². The fraction of sp³-hybridized carbons (Fsp3) is 0.556. The molecule has 1 aromatic carbocycles. The highest BCUT2D eigenvalue weighted by Gasteiger charge is 2.53. The average Bonchev–Trinajstić information content (AvgIpc) is 2.99. The third-order valence-electron chi connectivity index (χ3n) is 5.39. The quantitative estimate of drug-likeness (QED) is 0.876. The second-order valence-electron chi connectivity index (χ2n) is 6.92. The summed E-state index contributed by atoms with van der Waals surface area (Å²) in [5.41, 5.74) is 5.59. The van der Waals surface area contributed by atoms with Gasteiger partial charge in [-0.25, -0.2) is 8.78 Å². The molecule has 2 atom stereocenters. The van der Waals surface area contributed by atoms with Gasteiger partial charge in [-0.3, -0.25) is 9.59 Å². The van der Waals surface area contributed by atoms with E-state index in [-0.39, 0.29) is 17.7 Å². The van der Waals surface area contributed by atoms with Crippen LogP contribution in [0.1, 0.15) is 24.8 Å². The van der Waals surface area contributed by atoms with Crippen LogP contribution in [-0.4, -0.2) is 43.0 Å². The summed E-state index contributed by atoms with van der Waals surface area (Å²) >= 11 is 0. The SMILES string of the molecule is NC(=O)[C@]12CCOC[C@H]1CN(C(=O)CCCc1ccc(F)c(F)c1)C2. The molecule has 3 rings (SSSR count). The van der Waals surface area contributed by atoms with Gasteiger partial charge >= 0.3 is 0 Å². The third-order valence-corrected chi connectivity index (χ3v) is 5.39.